The molecule has 4 atom stereocenters. The molecule has 0 amide bonds. The first-order valence-electron chi connectivity index (χ1n) is 6.89. The van der Waals surface area contributed by atoms with E-state index in [1.165, 1.54) is 32.2 Å². The molecular weight excluding hydrogens is 182 g/mol. The normalized spacial score (nSPS) is 34.0. The monoisotopic (exact) mass is 211 g/mol. The van der Waals surface area contributed by atoms with Crippen molar-refractivity contribution in [3.05, 3.63) is 0 Å². The second kappa shape index (κ2) is 6.52. The van der Waals surface area contributed by atoms with Crippen LogP contribution in [0.1, 0.15) is 53.4 Å². The third-order valence-electron chi connectivity index (χ3n) is 4.34. The lowest BCUT2D eigenvalue weighted by Gasteiger charge is -2.38. The minimum Gasteiger partial charge on any atom is -0.317 e. The fourth-order valence-corrected chi connectivity index (χ4v) is 3.07. The molecule has 1 nitrogen and oxygen atoms in total. The zero-order valence-corrected chi connectivity index (χ0v) is 11.1. The van der Waals surface area contributed by atoms with Crippen molar-refractivity contribution in [2.24, 2.45) is 23.7 Å². The van der Waals surface area contributed by atoms with Gasteiger partial charge in [-0.05, 0) is 49.6 Å². The van der Waals surface area contributed by atoms with E-state index in [4.69, 9.17) is 0 Å². The lowest BCUT2D eigenvalue weighted by Crippen LogP contribution is -2.35. The van der Waals surface area contributed by atoms with Gasteiger partial charge in [0.2, 0.25) is 0 Å². The molecule has 1 aliphatic rings. The average Bonchev–Trinajstić information content (AvgIpc) is 2.26. The molecule has 0 aliphatic heterocycles. The van der Waals surface area contributed by atoms with Crippen LogP contribution in [0.15, 0.2) is 0 Å². The van der Waals surface area contributed by atoms with E-state index in [1.807, 2.05) is 0 Å². The minimum absolute atomic E-state index is 0.913. The maximum absolute atomic E-state index is 3.54. The van der Waals surface area contributed by atoms with E-state index >= 15 is 0 Å². The van der Waals surface area contributed by atoms with E-state index in [-0.39, 0.29) is 0 Å². The van der Waals surface area contributed by atoms with Gasteiger partial charge in [-0.1, -0.05) is 40.5 Å². The zero-order chi connectivity index (χ0) is 11.3. The van der Waals surface area contributed by atoms with Gasteiger partial charge in [-0.15, -0.1) is 0 Å². The Balaban J connectivity index is 2.49. The maximum atomic E-state index is 3.54. The standard InChI is InChI=1S/C14H29N/c1-5-12(4)14-9-11(3)7-8-13(14)10-15-6-2/h11-15H,5-10H2,1-4H3. The van der Waals surface area contributed by atoms with Crippen molar-refractivity contribution < 1.29 is 0 Å². The van der Waals surface area contributed by atoms with Crippen LogP contribution in [0, 0.1) is 23.7 Å². The van der Waals surface area contributed by atoms with Gasteiger partial charge in [-0.2, -0.15) is 0 Å². The largest absolute Gasteiger partial charge is 0.317 e. The molecular formula is C14H29N. The average molecular weight is 211 g/mol. The summed E-state index contributed by atoms with van der Waals surface area (Å²) in [6.45, 7) is 11.8. The third-order valence-corrected chi connectivity index (χ3v) is 4.34. The Morgan fingerprint density at radius 1 is 1.27 bits per heavy atom. The van der Waals surface area contributed by atoms with E-state index in [2.05, 4.69) is 33.0 Å². The van der Waals surface area contributed by atoms with Crippen LogP contribution in [0.25, 0.3) is 0 Å². The highest BCUT2D eigenvalue weighted by Crippen LogP contribution is 2.38. The molecule has 1 fully saturated rings. The summed E-state index contributed by atoms with van der Waals surface area (Å²) in [4.78, 5) is 0. The fraction of sp³-hybridized carbons (Fsp3) is 1.00. The number of hydrogen-bond acceptors (Lipinski definition) is 1. The second-order valence-corrected chi connectivity index (χ2v) is 5.54. The molecule has 15 heavy (non-hydrogen) atoms. The summed E-state index contributed by atoms with van der Waals surface area (Å²) >= 11 is 0. The summed E-state index contributed by atoms with van der Waals surface area (Å²) in [5.41, 5.74) is 0. The highest BCUT2D eigenvalue weighted by atomic mass is 14.8. The van der Waals surface area contributed by atoms with Crippen LogP contribution in [0.2, 0.25) is 0 Å². The second-order valence-electron chi connectivity index (χ2n) is 5.54. The van der Waals surface area contributed by atoms with E-state index in [1.54, 1.807) is 0 Å². The predicted octanol–water partition coefficient (Wildman–Crippen LogP) is 3.69. The number of hydrogen-bond donors (Lipinski definition) is 1. The first-order chi connectivity index (χ1) is 7.19. The number of rotatable bonds is 5. The first kappa shape index (κ1) is 13.0. The Kier molecular flexibility index (Phi) is 5.66. The highest BCUT2D eigenvalue weighted by molar-refractivity contribution is 4.82. The fourth-order valence-electron chi connectivity index (χ4n) is 3.07. The van der Waals surface area contributed by atoms with Crippen molar-refractivity contribution in [3.8, 4) is 0 Å². The number of nitrogens with one attached hydrogen (secondary N) is 1. The highest BCUT2D eigenvalue weighted by Gasteiger charge is 2.31. The van der Waals surface area contributed by atoms with E-state index in [0.717, 1.165) is 30.2 Å². The van der Waals surface area contributed by atoms with Crippen molar-refractivity contribution >= 4 is 0 Å². The molecule has 90 valence electrons. The lowest BCUT2D eigenvalue weighted by molar-refractivity contribution is 0.130. The van der Waals surface area contributed by atoms with Crippen LogP contribution in [0.4, 0.5) is 0 Å². The van der Waals surface area contributed by atoms with Crippen molar-refractivity contribution in [3.63, 3.8) is 0 Å². The quantitative estimate of drug-likeness (QED) is 0.731. The maximum Gasteiger partial charge on any atom is -0.00179 e. The van der Waals surface area contributed by atoms with Gasteiger partial charge in [0.25, 0.3) is 0 Å². The van der Waals surface area contributed by atoms with Crippen LogP contribution >= 0.6 is 0 Å². The van der Waals surface area contributed by atoms with Gasteiger partial charge < -0.3 is 5.32 Å². The summed E-state index contributed by atoms with van der Waals surface area (Å²) in [5, 5.41) is 3.54. The minimum atomic E-state index is 0.913. The van der Waals surface area contributed by atoms with Crippen molar-refractivity contribution in [2.45, 2.75) is 53.4 Å². The molecule has 1 N–H and O–H groups in total. The van der Waals surface area contributed by atoms with Crippen LogP contribution in [-0.4, -0.2) is 13.1 Å². The summed E-state index contributed by atoms with van der Waals surface area (Å²) in [6.07, 6.45) is 5.71. The molecule has 0 aromatic rings. The van der Waals surface area contributed by atoms with Gasteiger partial charge in [0, 0.05) is 0 Å². The van der Waals surface area contributed by atoms with Crippen LogP contribution in [-0.2, 0) is 0 Å². The topological polar surface area (TPSA) is 12.0 Å². The Morgan fingerprint density at radius 2 is 2.00 bits per heavy atom. The molecule has 0 bridgehead atoms. The lowest BCUT2D eigenvalue weighted by atomic mass is 9.69. The Labute approximate surface area is 96.0 Å². The summed E-state index contributed by atoms with van der Waals surface area (Å²) in [6, 6.07) is 0. The molecule has 0 spiro atoms. The molecule has 0 aromatic carbocycles. The zero-order valence-electron chi connectivity index (χ0n) is 11.1. The van der Waals surface area contributed by atoms with Gasteiger partial charge in [-0.25, -0.2) is 0 Å². The Hall–Kier alpha value is -0.0400. The molecule has 0 saturated heterocycles. The van der Waals surface area contributed by atoms with Gasteiger partial charge in [0.1, 0.15) is 0 Å². The SMILES string of the molecule is CCNCC1CCC(C)CC1C(C)CC. The van der Waals surface area contributed by atoms with Gasteiger partial charge in [-0.3, -0.25) is 0 Å². The van der Waals surface area contributed by atoms with Gasteiger partial charge >= 0.3 is 0 Å². The summed E-state index contributed by atoms with van der Waals surface area (Å²) < 4.78 is 0. The summed E-state index contributed by atoms with van der Waals surface area (Å²) in [5.74, 6) is 3.78. The van der Waals surface area contributed by atoms with Crippen LogP contribution in [0.5, 0.6) is 0 Å². The molecule has 1 saturated carbocycles. The Bertz CT molecular complexity index is 165. The molecule has 0 aromatic heterocycles. The van der Waals surface area contributed by atoms with Crippen molar-refractivity contribution in [1.29, 1.82) is 0 Å². The molecule has 0 heterocycles. The molecule has 1 aliphatic carbocycles. The molecule has 4 unspecified atom stereocenters. The Morgan fingerprint density at radius 3 is 2.60 bits per heavy atom. The molecule has 1 rings (SSSR count). The first-order valence-corrected chi connectivity index (χ1v) is 6.89. The van der Waals surface area contributed by atoms with E-state index in [0.29, 0.717) is 0 Å². The smallest absolute Gasteiger partial charge is 0.00179 e. The van der Waals surface area contributed by atoms with Gasteiger partial charge in [0.15, 0.2) is 0 Å². The van der Waals surface area contributed by atoms with Crippen LogP contribution < -0.4 is 5.32 Å². The van der Waals surface area contributed by atoms with E-state index in [9.17, 15) is 0 Å². The molecule has 0 radical (unpaired) electrons. The van der Waals surface area contributed by atoms with Crippen molar-refractivity contribution in [2.75, 3.05) is 13.1 Å². The predicted molar refractivity (Wildman–Crippen MR) is 68.0 cm³/mol. The summed E-state index contributed by atoms with van der Waals surface area (Å²) in [7, 11) is 0. The van der Waals surface area contributed by atoms with Crippen LogP contribution in [0.3, 0.4) is 0 Å². The molecule has 1 heteroatoms. The van der Waals surface area contributed by atoms with Gasteiger partial charge in [0.05, 0.1) is 0 Å². The third kappa shape index (κ3) is 3.79. The van der Waals surface area contributed by atoms with E-state index < -0.39 is 0 Å². The van der Waals surface area contributed by atoms with Crippen molar-refractivity contribution in [1.82, 2.24) is 5.32 Å².